The van der Waals surface area contributed by atoms with Crippen LogP contribution in [0.15, 0.2) is 42.5 Å². The van der Waals surface area contributed by atoms with Crippen LogP contribution >= 0.6 is 0 Å². The van der Waals surface area contributed by atoms with E-state index in [9.17, 15) is 9.18 Å². The van der Waals surface area contributed by atoms with Crippen LogP contribution in [0.4, 0.5) is 15.8 Å². The molecule has 2 aromatic carbocycles. The second-order valence-corrected chi connectivity index (χ2v) is 4.39. The third kappa shape index (κ3) is 3.71. The summed E-state index contributed by atoms with van der Waals surface area (Å²) >= 11 is 0. The van der Waals surface area contributed by atoms with Crippen LogP contribution in [0.2, 0.25) is 0 Å². The minimum absolute atomic E-state index is 0.161. The molecule has 0 aliphatic rings. The maximum atomic E-state index is 12.9. The van der Waals surface area contributed by atoms with Crippen molar-refractivity contribution in [3.63, 3.8) is 0 Å². The van der Waals surface area contributed by atoms with E-state index < -0.39 is 5.82 Å². The molecule has 0 unspecified atom stereocenters. The lowest BCUT2D eigenvalue weighted by Crippen LogP contribution is -2.20. The molecule has 3 N–H and O–H groups in total. The van der Waals surface area contributed by atoms with E-state index in [0.717, 1.165) is 11.6 Å². The monoisotopic (exact) mass is 274 g/mol. The Hall–Kier alpha value is -2.56. The molecule has 5 heteroatoms. The Bertz CT molecular complexity index is 629. The Kier molecular flexibility index (Phi) is 4.20. The van der Waals surface area contributed by atoms with Gasteiger partial charge in [0, 0.05) is 11.8 Å². The van der Waals surface area contributed by atoms with Crippen LogP contribution in [0.25, 0.3) is 0 Å². The summed E-state index contributed by atoms with van der Waals surface area (Å²) < 4.78 is 18.1. The molecule has 0 radical (unpaired) electrons. The number of halogens is 1. The van der Waals surface area contributed by atoms with E-state index in [1.807, 2.05) is 25.1 Å². The fraction of sp³-hybridized carbons (Fsp3) is 0.133. The smallest absolute Gasteiger partial charge is 0.262 e. The molecule has 0 heterocycles. The fourth-order valence-corrected chi connectivity index (χ4v) is 1.71. The minimum atomic E-state index is -0.445. The number of carbonyl (C=O) groups is 1. The molecule has 0 saturated heterocycles. The molecule has 0 aromatic heterocycles. The van der Waals surface area contributed by atoms with Gasteiger partial charge in [-0.15, -0.1) is 0 Å². The first-order valence-corrected chi connectivity index (χ1v) is 6.09. The summed E-state index contributed by atoms with van der Waals surface area (Å²) in [7, 11) is 0. The van der Waals surface area contributed by atoms with Gasteiger partial charge < -0.3 is 15.8 Å². The van der Waals surface area contributed by atoms with Crippen LogP contribution in [0.1, 0.15) is 5.56 Å². The zero-order valence-corrected chi connectivity index (χ0v) is 11.0. The highest BCUT2D eigenvalue weighted by Crippen LogP contribution is 2.21. The lowest BCUT2D eigenvalue weighted by molar-refractivity contribution is -0.118. The molecule has 104 valence electrons. The number of rotatable bonds is 4. The first kappa shape index (κ1) is 13.9. The van der Waals surface area contributed by atoms with E-state index in [2.05, 4.69) is 5.32 Å². The molecule has 0 fully saturated rings. The van der Waals surface area contributed by atoms with Gasteiger partial charge in [0.05, 0.1) is 5.69 Å². The molecule has 0 aliphatic carbocycles. The number of hydrogen-bond acceptors (Lipinski definition) is 3. The number of hydrogen-bond donors (Lipinski definition) is 2. The number of ether oxygens (including phenoxy) is 1. The molecule has 2 aromatic rings. The Morgan fingerprint density at radius 2 is 2.10 bits per heavy atom. The second-order valence-electron chi connectivity index (χ2n) is 4.39. The average Bonchev–Trinajstić information content (AvgIpc) is 2.37. The number of amides is 1. The van der Waals surface area contributed by atoms with E-state index in [4.69, 9.17) is 10.5 Å². The standard InChI is InChI=1S/C15H15FN2O2/c1-10-3-2-4-12(7-10)18-15(19)9-20-14-6-5-11(16)8-13(14)17/h2-8H,9,17H2,1H3,(H,18,19). The fourth-order valence-electron chi connectivity index (χ4n) is 1.71. The van der Waals surface area contributed by atoms with Gasteiger partial charge >= 0.3 is 0 Å². The van der Waals surface area contributed by atoms with Gasteiger partial charge in [0.1, 0.15) is 11.6 Å². The maximum Gasteiger partial charge on any atom is 0.262 e. The molecule has 20 heavy (non-hydrogen) atoms. The van der Waals surface area contributed by atoms with Gasteiger partial charge in [-0.05, 0) is 36.8 Å². The third-order valence-corrected chi connectivity index (χ3v) is 2.63. The summed E-state index contributed by atoms with van der Waals surface area (Å²) in [5.41, 5.74) is 7.49. The normalized spacial score (nSPS) is 10.1. The average molecular weight is 274 g/mol. The molecular formula is C15H15FN2O2. The second kappa shape index (κ2) is 6.06. The van der Waals surface area contributed by atoms with Crippen molar-refractivity contribution in [3.05, 3.63) is 53.8 Å². The third-order valence-electron chi connectivity index (χ3n) is 2.63. The number of nitrogen functional groups attached to an aromatic ring is 1. The van der Waals surface area contributed by atoms with Crippen LogP contribution in [0.3, 0.4) is 0 Å². The van der Waals surface area contributed by atoms with Gasteiger partial charge in [-0.1, -0.05) is 12.1 Å². The van der Waals surface area contributed by atoms with Gasteiger partial charge in [-0.25, -0.2) is 4.39 Å². The Morgan fingerprint density at radius 1 is 1.30 bits per heavy atom. The maximum absolute atomic E-state index is 12.9. The molecular weight excluding hydrogens is 259 g/mol. The highest BCUT2D eigenvalue weighted by Gasteiger charge is 2.06. The van der Waals surface area contributed by atoms with Crippen LogP contribution in [0.5, 0.6) is 5.75 Å². The van der Waals surface area contributed by atoms with Gasteiger partial charge in [-0.3, -0.25) is 4.79 Å². The Balaban J connectivity index is 1.92. The minimum Gasteiger partial charge on any atom is -0.482 e. The van der Waals surface area contributed by atoms with E-state index in [0.29, 0.717) is 5.69 Å². The highest BCUT2D eigenvalue weighted by molar-refractivity contribution is 5.92. The first-order valence-electron chi connectivity index (χ1n) is 6.09. The molecule has 4 nitrogen and oxygen atoms in total. The quantitative estimate of drug-likeness (QED) is 0.842. The Labute approximate surface area is 116 Å². The van der Waals surface area contributed by atoms with Crippen molar-refractivity contribution < 1.29 is 13.9 Å². The summed E-state index contributed by atoms with van der Waals surface area (Å²) in [5.74, 6) is -0.468. The van der Waals surface area contributed by atoms with E-state index in [1.165, 1.54) is 12.1 Å². The molecule has 1 amide bonds. The van der Waals surface area contributed by atoms with Crippen molar-refractivity contribution >= 4 is 17.3 Å². The predicted octanol–water partition coefficient (Wildman–Crippen LogP) is 2.73. The van der Waals surface area contributed by atoms with Crippen molar-refractivity contribution in [3.8, 4) is 5.75 Å². The Morgan fingerprint density at radius 3 is 2.80 bits per heavy atom. The number of carbonyl (C=O) groups excluding carboxylic acids is 1. The molecule has 0 saturated carbocycles. The zero-order chi connectivity index (χ0) is 14.5. The topological polar surface area (TPSA) is 64.3 Å². The van der Waals surface area contributed by atoms with Crippen molar-refractivity contribution in [1.29, 1.82) is 0 Å². The number of benzene rings is 2. The number of anilines is 2. The van der Waals surface area contributed by atoms with Crippen molar-refractivity contribution in [1.82, 2.24) is 0 Å². The van der Waals surface area contributed by atoms with Gasteiger partial charge in [0.2, 0.25) is 0 Å². The van der Waals surface area contributed by atoms with Crippen LogP contribution in [-0.2, 0) is 4.79 Å². The lowest BCUT2D eigenvalue weighted by atomic mass is 10.2. The number of nitrogens with two attached hydrogens (primary N) is 1. The van der Waals surface area contributed by atoms with Crippen LogP contribution in [-0.4, -0.2) is 12.5 Å². The lowest BCUT2D eigenvalue weighted by Gasteiger charge is -2.09. The predicted molar refractivity (Wildman–Crippen MR) is 76.1 cm³/mol. The van der Waals surface area contributed by atoms with E-state index in [1.54, 1.807) is 6.07 Å². The van der Waals surface area contributed by atoms with Gasteiger partial charge in [0.25, 0.3) is 5.91 Å². The van der Waals surface area contributed by atoms with Gasteiger partial charge in [0.15, 0.2) is 6.61 Å². The van der Waals surface area contributed by atoms with Crippen LogP contribution in [0, 0.1) is 12.7 Å². The van der Waals surface area contributed by atoms with Gasteiger partial charge in [-0.2, -0.15) is 0 Å². The van der Waals surface area contributed by atoms with Crippen molar-refractivity contribution in [2.75, 3.05) is 17.7 Å². The summed E-state index contributed by atoms with van der Waals surface area (Å²) in [6.07, 6.45) is 0. The molecule has 0 atom stereocenters. The molecule has 2 rings (SSSR count). The van der Waals surface area contributed by atoms with E-state index >= 15 is 0 Å². The molecule has 0 aliphatic heterocycles. The van der Waals surface area contributed by atoms with Crippen molar-refractivity contribution in [2.24, 2.45) is 0 Å². The number of aryl methyl sites for hydroxylation is 1. The van der Waals surface area contributed by atoms with Crippen molar-refractivity contribution in [2.45, 2.75) is 6.92 Å². The first-order chi connectivity index (χ1) is 9.54. The largest absolute Gasteiger partial charge is 0.482 e. The molecule has 0 bridgehead atoms. The number of nitrogens with one attached hydrogen (secondary N) is 1. The molecule has 0 spiro atoms. The summed E-state index contributed by atoms with van der Waals surface area (Å²) in [6, 6.07) is 11.2. The SMILES string of the molecule is Cc1cccc(NC(=O)COc2ccc(F)cc2N)c1. The van der Waals surface area contributed by atoms with Crippen LogP contribution < -0.4 is 15.8 Å². The zero-order valence-electron chi connectivity index (χ0n) is 11.0. The summed E-state index contributed by atoms with van der Waals surface area (Å²) in [6.45, 7) is 1.75. The summed E-state index contributed by atoms with van der Waals surface area (Å²) in [4.78, 5) is 11.7. The summed E-state index contributed by atoms with van der Waals surface area (Å²) in [5, 5.41) is 2.71. The van der Waals surface area contributed by atoms with E-state index in [-0.39, 0.29) is 24.0 Å². The highest BCUT2D eigenvalue weighted by atomic mass is 19.1.